The number of hydrogen-bond acceptors (Lipinski definition) is 4. The van der Waals surface area contributed by atoms with E-state index in [0.717, 1.165) is 18.6 Å². The van der Waals surface area contributed by atoms with Crippen molar-refractivity contribution < 1.29 is 4.74 Å². The maximum atomic E-state index is 12.6. The van der Waals surface area contributed by atoms with Crippen molar-refractivity contribution in [3.05, 3.63) is 64.9 Å². The van der Waals surface area contributed by atoms with Crippen molar-refractivity contribution in [2.75, 3.05) is 6.61 Å². The van der Waals surface area contributed by atoms with Crippen molar-refractivity contribution in [3.63, 3.8) is 0 Å². The fourth-order valence-corrected chi connectivity index (χ4v) is 3.14. The quantitative estimate of drug-likeness (QED) is 0.650. The first-order valence-electron chi connectivity index (χ1n) is 8.58. The van der Waals surface area contributed by atoms with Gasteiger partial charge in [0.2, 0.25) is 0 Å². The molecule has 0 spiro atoms. The molecule has 1 aliphatic carbocycles. The second-order valence-electron chi connectivity index (χ2n) is 6.20. The summed E-state index contributed by atoms with van der Waals surface area (Å²) >= 11 is 0. The Morgan fingerprint density at radius 1 is 1.20 bits per heavy atom. The first-order valence-corrected chi connectivity index (χ1v) is 8.58. The SMILES string of the molecule is O=c1c2cnn(CCOc3ccccc3)c2ncn1CC1=CCCC1. The van der Waals surface area contributed by atoms with Crippen LogP contribution >= 0.6 is 0 Å². The van der Waals surface area contributed by atoms with Crippen LogP contribution in [0.3, 0.4) is 0 Å². The summed E-state index contributed by atoms with van der Waals surface area (Å²) in [5.41, 5.74) is 1.89. The van der Waals surface area contributed by atoms with Gasteiger partial charge in [-0.2, -0.15) is 5.10 Å². The van der Waals surface area contributed by atoms with Gasteiger partial charge in [0.05, 0.1) is 12.7 Å². The molecule has 0 saturated heterocycles. The van der Waals surface area contributed by atoms with Crippen LogP contribution in [0.4, 0.5) is 0 Å². The molecule has 4 rings (SSSR count). The Morgan fingerprint density at radius 2 is 2.08 bits per heavy atom. The number of rotatable bonds is 6. The van der Waals surface area contributed by atoms with Crippen LogP contribution < -0.4 is 10.3 Å². The minimum Gasteiger partial charge on any atom is -0.492 e. The van der Waals surface area contributed by atoms with Gasteiger partial charge in [-0.1, -0.05) is 29.8 Å². The normalized spacial score (nSPS) is 14.0. The molecule has 128 valence electrons. The van der Waals surface area contributed by atoms with Gasteiger partial charge in [-0.25, -0.2) is 9.67 Å². The predicted octanol–water partition coefficient (Wildman–Crippen LogP) is 2.78. The Balaban J connectivity index is 1.49. The number of para-hydroxylation sites is 1. The van der Waals surface area contributed by atoms with Crippen LogP contribution in [-0.2, 0) is 13.1 Å². The molecule has 2 aromatic heterocycles. The van der Waals surface area contributed by atoms with Crippen LogP contribution in [0, 0.1) is 0 Å². The molecule has 25 heavy (non-hydrogen) atoms. The van der Waals surface area contributed by atoms with E-state index in [-0.39, 0.29) is 5.56 Å². The molecule has 0 radical (unpaired) electrons. The van der Waals surface area contributed by atoms with Crippen molar-refractivity contribution in [3.8, 4) is 5.75 Å². The Labute approximate surface area is 145 Å². The minimum atomic E-state index is -0.0342. The summed E-state index contributed by atoms with van der Waals surface area (Å²) in [6, 6.07) is 9.64. The van der Waals surface area contributed by atoms with Gasteiger partial charge in [0, 0.05) is 6.54 Å². The van der Waals surface area contributed by atoms with E-state index < -0.39 is 0 Å². The summed E-state index contributed by atoms with van der Waals surface area (Å²) in [5, 5.41) is 4.86. The van der Waals surface area contributed by atoms with Crippen molar-refractivity contribution >= 4 is 11.0 Å². The molecule has 6 heteroatoms. The molecule has 1 aliphatic rings. The minimum absolute atomic E-state index is 0.0342. The van der Waals surface area contributed by atoms with Gasteiger partial charge < -0.3 is 4.74 Å². The monoisotopic (exact) mass is 336 g/mol. The second-order valence-corrected chi connectivity index (χ2v) is 6.20. The van der Waals surface area contributed by atoms with Crippen LogP contribution in [0.15, 0.2) is 59.3 Å². The first kappa shape index (κ1) is 15.6. The molecule has 0 unspecified atom stereocenters. The van der Waals surface area contributed by atoms with Gasteiger partial charge in [0.1, 0.15) is 24.1 Å². The first-order chi connectivity index (χ1) is 12.3. The molecule has 0 fully saturated rings. The van der Waals surface area contributed by atoms with Crippen molar-refractivity contribution in [2.24, 2.45) is 0 Å². The lowest BCUT2D eigenvalue weighted by Gasteiger charge is -2.08. The average molecular weight is 336 g/mol. The van der Waals surface area contributed by atoms with E-state index in [1.165, 1.54) is 12.0 Å². The summed E-state index contributed by atoms with van der Waals surface area (Å²) in [4.78, 5) is 17.1. The molecule has 0 bridgehead atoms. The van der Waals surface area contributed by atoms with Gasteiger partial charge in [-0.3, -0.25) is 9.36 Å². The van der Waals surface area contributed by atoms with Crippen LogP contribution in [0.25, 0.3) is 11.0 Å². The van der Waals surface area contributed by atoms with Crippen molar-refractivity contribution in [1.29, 1.82) is 0 Å². The van der Waals surface area contributed by atoms with E-state index in [2.05, 4.69) is 16.2 Å². The highest BCUT2D eigenvalue weighted by atomic mass is 16.5. The van der Waals surface area contributed by atoms with Gasteiger partial charge in [-0.15, -0.1) is 0 Å². The van der Waals surface area contributed by atoms with E-state index in [4.69, 9.17) is 4.74 Å². The predicted molar refractivity (Wildman–Crippen MR) is 95.7 cm³/mol. The summed E-state index contributed by atoms with van der Waals surface area (Å²) in [5.74, 6) is 0.819. The van der Waals surface area contributed by atoms with Crippen LogP contribution in [0.1, 0.15) is 19.3 Å². The maximum absolute atomic E-state index is 12.6. The topological polar surface area (TPSA) is 61.9 Å². The molecule has 6 nitrogen and oxygen atoms in total. The molecule has 1 aromatic carbocycles. The fraction of sp³-hybridized carbons (Fsp3) is 0.316. The number of hydrogen-bond donors (Lipinski definition) is 0. The standard InChI is InChI=1S/C19H20N4O2/c24-19-17-12-21-23(10-11-25-16-8-2-1-3-9-16)18(17)20-14-22(19)13-15-6-4-5-7-15/h1-3,6,8-9,12,14H,4-5,7,10-11,13H2. The van der Waals surface area contributed by atoms with Crippen molar-refractivity contribution in [2.45, 2.75) is 32.4 Å². The van der Waals surface area contributed by atoms with Gasteiger partial charge in [-0.05, 0) is 31.4 Å². The Kier molecular flexibility index (Phi) is 4.33. The van der Waals surface area contributed by atoms with Gasteiger partial charge >= 0.3 is 0 Å². The highest BCUT2D eigenvalue weighted by molar-refractivity contribution is 5.72. The second kappa shape index (κ2) is 6.93. The Morgan fingerprint density at radius 3 is 2.88 bits per heavy atom. The molecule has 0 N–H and O–H groups in total. The lowest BCUT2D eigenvalue weighted by Crippen LogP contribution is -2.21. The molecule has 2 heterocycles. The zero-order chi connectivity index (χ0) is 17.1. The third-order valence-corrected chi connectivity index (χ3v) is 4.45. The van der Waals surface area contributed by atoms with E-state index in [9.17, 15) is 4.79 Å². The number of benzene rings is 1. The number of nitrogens with zero attached hydrogens (tertiary/aromatic N) is 4. The van der Waals surface area contributed by atoms with Crippen LogP contribution in [-0.4, -0.2) is 25.9 Å². The van der Waals surface area contributed by atoms with E-state index in [0.29, 0.717) is 30.7 Å². The highest BCUT2D eigenvalue weighted by Crippen LogP contribution is 2.18. The number of fused-ring (bicyclic) bond motifs is 1. The van der Waals surface area contributed by atoms with E-state index in [1.54, 1.807) is 21.8 Å². The lowest BCUT2D eigenvalue weighted by molar-refractivity contribution is 0.293. The summed E-state index contributed by atoms with van der Waals surface area (Å²) in [6.07, 6.45) is 8.81. The van der Waals surface area contributed by atoms with Crippen LogP contribution in [0.5, 0.6) is 5.75 Å². The third-order valence-electron chi connectivity index (χ3n) is 4.45. The highest BCUT2D eigenvalue weighted by Gasteiger charge is 2.12. The van der Waals surface area contributed by atoms with Crippen molar-refractivity contribution in [1.82, 2.24) is 19.3 Å². The largest absolute Gasteiger partial charge is 0.492 e. The average Bonchev–Trinajstić information content (AvgIpc) is 3.29. The molecule has 0 atom stereocenters. The number of aromatic nitrogens is 4. The molecule has 0 amide bonds. The van der Waals surface area contributed by atoms with Crippen LogP contribution in [0.2, 0.25) is 0 Å². The molecule has 0 saturated carbocycles. The molecular weight excluding hydrogens is 316 g/mol. The summed E-state index contributed by atoms with van der Waals surface area (Å²) < 4.78 is 9.09. The smallest absolute Gasteiger partial charge is 0.264 e. The molecule has 3 aromatic rings. The fourth-order valence-electron chi connectivity index (χ4n) is 3.14. The lowest BCUT2D eigenvalue weighted by atomic mass is 10.2. The van der Waals surface area contributed by atoms with Gasteiger partial charge in [0.15, 0.2) is 5.65 Å². The Bertz CT molecular complexity index is 956. The number of ether oxygens (including phenoxy) is 1. The molecule has 0 aliphatic heterocycles. The third kappa shape index (κ3) is 3.33. The van der Waals surface area contributed by atoms with E-state index >= 15 is 0 Å². The summed E-state index contributed by atoms with van der Waals surface area (Å²) in [6.45, 7) is 1.64. The number of allylic oxidation sites excluding steroid dienone is 2. The maximum Gasteiger partial charge on any atom is 0.264 e. The zero-order valence-electron chi connectivity index (χ0n) is 14.0. The zero-order valence-corrected chi connectivity index (χ0v) is 14.0. The van der Waals surface area contributed by atoms with E-state index in [1.807, 2.05) is 30.3 Å². The molecular formula is C19H20N4O2. The Hall–Kier alpha value is -2.89. The van der Waals surface area contributed by atoms with Gasteiger partial charge in [0.25, 0.3) is 5.56 Å². The summed E-state index contributed by atoms with van der Waals surface area (Å²) in [7, 11) is 0.